The zero-order valence-corrected chi connectivity index (χ0v) is 12.0. The highest BCUT2D eigenvalue weighted by atomic mass is 16.5. The molecule has 2 aromatic rings. The quantitative estimate of drug-likeness (QED) is 0.906. The maximum absolute atomic E-state index is 5.81. The van der Waals surface area contributed by atoms with Crippen LogP contribution >= 0.6 is 0 Å². The van der Waals surface area contributed by atoms with Gasteiger partial charge in [-0.25, -0.2) is 9.97 Å². The van der Waals surface area contributed by atoms with E-state index in [1.54, 1.807) is 13.2 Å². The summed E-state index contributed by atoms with van der Waals surface area (Å²) in [6, 6.07) is 9.50. The molecule has 2 rings (SSSR count). The minimum absolute atomic E-state index is 0.129. The largest absolute Gasteiger partial charge is 0.491 e. The van der Waals surface area contributed by atoms with Crippen molar-refractivity contribution in [2.75, 3.05) is 12.8 Å². The Balaban J connectivity index is 2.35. The predicted molar refractivity (Wildman–Crippen MR) is 78.4 cm³/mol. The molecule has 2 N–H and O–H groups in total. The SMILES string of the molecule is COCc1nc(N)cc(-c2cccc(OC(C)C)c2)n1. The molecule has 1 aromatic heterocycles. The number of methoxy groups -OCH3 is 1. The van der Waals surface area contributed by atoms with Crippen LogP contribution in [0.4, 0.5) is 5.82 Å². The lowest BCUT2D eigenvalue weighted by Gasteiger charge is -2.11. The van der Waals surface area contributed by atoms with Crippen molar-refractivity contribution < 1.29 is 9.47 Å². The number of anilines is 1. The minimum Gasteiger partial charge on any atom is -0.491 e. The lowest BCUT2D eigenvalue weighted by Crippen LogP contribution is -2.05. The van der Waals surface area contributed by atoms with E-state index in [9.17, 15) is 0 Å². The van der Waals surface area contributed by atoms with Crippen molar-refractivity contribution in [3.63, 3.8) is 0 Å². The molecular weight excluding hydrogens is 254 g/mol. The van der Waals surface area contributed by atoms with Gasteiger partial charge in [0.2, 0.25) is 0 Å². The molecule has 5 nitrogen and oxygen atoms in total. The average Bonchev–Trinajstić information content (AvgIpc) is 2.38. The smallest absolute Gasteiger partial charge is 0.157 e. The standard InChI is InChI=1S/C15H19N3O2/c1-10(2)20-12-6-4-5-11(7-12)13-8-14(16)18-15(17-13)9-19-3/h4-8,10H,9H2,1-3H3,(H2,16,17,18). The molecule has 0 fully saturated rings. The molecule has 0 aliphatic heterocycles. The van der Waals surface area contributed by atoms with Gasteiger partial charge in [0.15, 0.2) is 5.82 Å². The molecule has 0 spiro atoms. The van der Waals surface area contributed by atoms with Crippen LogP contribution in [0.15, 0.2) is 30.3 Å². The highest BCUT2D eigenvalue weighted by molar-refractivity contribution is 5.63. The number of hydrogen-bond acceptors (Lipinski definition) is 5. The lowest BCUT2D eigenvalue weighted by molar-refractivity contribution is 0.178. The first-order chi connectivity index (χ1) is 9.58. The van der Waals surface area contributed by atoms with E-state index in [0.717, 1.165) is 17.0 Å². The summed E-state index contributed by atoms with van der Waals surface area (Å²) < 4.78 is 10.7. The van der Waals surface area contributed by atoms with Gasteiger partial charge < -0.3 is 15.2 Å². The molecule has 0 radical (unpaired) electrons. The Labute approximate surface area is 118 Å². The van der Waals surface area contributed by atoms with Crippen molar-refractivity contribution in [3.8, 4) is 17.0 Å². The molecule has 0 atom stereocenters. The average molecular weight is 273 g/mol. The van der Waals surface area contributed by atoms with Gasteiger partial charge in [-0.3, -0.25) is 0 Å². The molecule has 1 heterocycles. The van der Waals surface area contributed by atoms with Crippen LogP contribution in [0.2, 0.25) is 0 Å². The molecule has 0 aliphatic rings. The van der Waals surface area contributed by atoms with Gasteiger partial charge in [-0.1, -0.05) is 12.1 Å². The molecule has 0 saturated heterocycles. The second-order valence-corrected chi connectivity index (χ2v) is 4.72. The number of hydrogen-bond donors (Lipinski definition) is 1. The maximum atomic E-state index is 5.81. The number of nitrogens with two attached hydrogens (primary N) is 1. The van der Waals surface area contributed by atoms with E-state index in [1.807, 2.05) is 38.1 Å². The van der Waals surface area contributed by atoms with Crippen molar-refractivity contribution in [3.05, 3.63) is 36.2 Å². The van der Waals surface area contributed by atoms with Crippen molar-refractivity contribution in [2.45, 2.75) is 26.6 Å². The first-order valence-electron chi connectivity index (χ1n) is 6.48. The van der Waals surface area contributed by atoms with Crippen LogP contribution in [0.3, 0.4) is 0 Å². The second-order valence-electron chi connectivity index (χ2n) is 4.72. The molecule has 0 amide bonds. The molecule has 0 unspecified atom stereocenters. The molecule has 0 bridgehead atoms. The molecular formula is C15H19N3O2. The summed E-state index contributed by atoms with van der Waals surface area (Å²) in [4.78, 5) is 8.57. The zero-order valence-electron chi connectivity index (χ0n) is 12.0. The van der Waals surface area contributed by atoms with Gasteiger partial charge >= 0.3 is 0 Å². The maximum Gasteiger partial charge on any atom is 0.157 e. The number of ether oxygens (including phenoxy) is 2. The Morgan fingerprint density at radius 3 is 2.70 bits per heavy atom. The van der Waals surface area contributed by atoms with Gasteiger partial charge in [-0.05, 0) is 26.0 Å². The minimum atomic E-state index is 0.129. The molecule has 5 heteroatoms. The van der Waals surface area contributed by atoms with Crippen molar-refractivity contribution >= 4 is 5.82 Å². The van der Waals surface area contributed by atoms with Gasteiger partial charge in [-0.2, -0.15) is 0 Å². The second kappa shape index (κ2) is 6.34. The summed E-state index contributed by atoms with van der Waals surface area (Å²) in [5, 5.41) is 0. The van der Waals surface area contributed by atoms with Gasteiger partial charge in [-0.15, -0.1) is 0 Å². The fourth-order valence-corrected chi connectivity index (χ4v) is 1.86. The van der Waals surface area contributed by atoms with E-state index >= 15 is 0 Å². The van der Waals surface area contributed by atoms with E-state index in [2.05, 4.69) is 9.97 Å². The van der Waals surface area contributed by atoms with Gasteiger partial charge in [0.05, 0.1) is 11.8 Å². The molecule has 106 valence electrons. The number of nitrogens with zero attached hydrogens (tertiary/aromatic N) is 2. The van der Waals surface area contributed by atoms with Gasteiger partial charge in [0, 0.05) is 18.7 Å². The van der Waals surface area contributed by atoms with Crippen molar-refractivity contribution in [2.24, 2.45) is 0 Å². The Morgan fingerprint density at radius 1 is 1.20 bits per heavy atom. The highest BCUT2D eigenvalue weighted by Crippen LogP contribution is 2.24. The molecule has 20 heavy (non-hydrogen) atoms. The highest BCUT2D eigenvalue weighted by Gasteiger charge is 2.07. The van der Waals surface area contributed by atoms with E-state index in [4.69, 9.17) is 15.2 Å². The fourth-order valence-electron chi connectivity index (χ4n) is 1.86. The summed E-state index contributed by atoms with van der Waals surface area (Å²) in [6.45, 7) is 4.32. The summed E-state index contributed by atoms with van der Waals surface area (Å²) in [5.41, 5.74) is 7.51. The third-order valence-electron chi connectivity index (χ3n) is 2.57. The predicted octanol–water partition coefficient (Wildman–Crippen LogP) is 2.66. The molecule has 0 aliphatic carbocycles. The summed E-state index contributed by atoms with van der Waals surface area (Å²) >= 11 is 0. The summed E-state index contributed by atoms with van der Waals surface area (Å²) in [5.74, 6) is 1.80. The van der Waals surface area contributed by atoms with Crippen LogP contribution < -0.4 is 10.5 Å². The van der Waals surface area contributed by atoms with E-state index in [-0.39, 0.29) is 6.10 Å². The summed E-state index contributed by atoms with van der Waals surface area (Å²) in [6.07, 6.45) is 0.129. The normalized spacial score (nSPS) is 10.8. The number of aromatic nitrogens is 2. The van der Waals surface area contributed by atoms with E-state index < -0.39 is 0 Å². The zero-order chi connectivity index (χ0) is 14.5. The van der Waals surface area contributed by atoms with E-state index in [1.165, 1.54) is 0 Å². The summed E-state index contributed by atoms with van der Waals surface area (Å²) in [7, 11) is 1.60. The van der Waals surface area contributed by atoms with Gasteiger partial charge in [0.1, 0.15) is 18.2 Å². The fraction of sp³-hybridized carbons (Fsp3) is 0.333. The number of rotatable bonds is 5. The van der Waals surface area contributed by atoms with E-state index in [0.29, 0.717) is 18.2 Å². The lowest BCUT2D eigenvalue weighted by atomic mass is 10.1. The van der Waals surface area contributed by atoms with Crippen LogP contribution in [0.1, 0.15) is 19.7 Å². The third kappa shape index (κ3) is 3.68. The van der Waals surface area contributed by atoms with Crippen LogP contribution in [0.5, 0.6) is 5.75 Å². The van der Waals surface area contributed by atoms with Crippen molar-refractivity contribution in [1.82, 2.24) is 9.97 Å². The Morgan fingerprint density at radius 2 is 2.00 bits per heavy atom. The Kier molecular flexibility index (Phi) is 4.53. The molecule has 1 aromatic carbocycles. The van der Waals surface area contributed by atoms with Crippen molar-refractivity contribution in [1.29, 1.82) is 0 Å². The topological polar surface area (TPSA) is 70.3 Å². The first-order valence-corrected chi connectivity index (χ1v) is 6.48. The van der Waals surface area contributed by atoms with Crippen LogP contribution in [0, 0.1) is 0 Å². The first kappa shape index (κ1) is 14.3. The van der Waals surface area contributed by atoms with Crippen LogP contribution in [-0.4, -0.2) is 23.2 Å². The molecule has 0 saturated carbocycles. The Bertz CT molecular complexity index is 585. The third-order valence-corrected chi connectivity index (χ3v) is 2.57. The number of nitrogen functional groups attached to an aromatic ring is 1. The monoisotopic (exact) mass is 273 g/mol. The van der Waals surface area contributed by atoms with Crippen LogP contribution in [0.25, 0.3) is 11.3 Å². The number of benzene rings is 1. The van der Waals surface area contributed by atoms with Gasteiger partial charge in [0.25, 0.3) is 0 Å². The Hall–Kier alpha value is -2.14. The van der Waals surface area contributed by atoms with Crippen LogP contribution in [-0.2, 0) is 11.3 Å².